The molecule has 1 N–H and O–H groups in total. The molecular formula is C15H16N2O. The molecule has 0 fully saturated rings. The molecule has 0 saturated heterocycles. The number of amides is 1. The molecule has 0 radical (unpaired) electrons. The first-order chi connectivity index (χ1) is 8.75. The van der Waals surface area contributed by atoms with E-state index in [2.05, 4.69) is 41.1 Å². The number of aromatic nitrogens is 1. The van der Waals surface area contributed by atoms with Crippen molar-refractivity contribution in [3.63, 3.8) is 0 Å². The van der Waals surface area contributed by atoms with Crippen LogP contribution in [0.3, 0.4) is 0 Å². The summed E-state index contributed by atoms with van der Waals surface area (Å²) in [5.74, 6) is 0.116. The minimum atomic E-state index is -0.119. The maximum absolute atomic E-state index is 12.1. The maximum Gasteiger partial charge on any atom is 0.243 e. The first kappa shape index (κ1) is 11.1. The van der Waals surface area contributed by atoms with Crippen molar-refractivity contribution in [2.45, 2.75) is 25.9 Å². The molecule has 2 aromatic rings. The summed E-state index contributed by atoms with van der Waals surface area (Å²) >= 11 is 0. The molecule has 1 aliphatic rings. The quantitative estimate of drug-likeness (QED) is 0.858. The predicted molar refractivity (Wildman–Crippen MR) is 70.2 cm³/mol. The second kappa shape index (κ2) is 4.33. The van der Waals surface area contributed by atoms with Gasteiger partial charge in [-0.05, 0) is 24.6 Å². The van der Waals surface area contributed by atoms with Gasteiger partial charge in [0.1, 0.15) is 6.04 Å². The van der Waals surface area contributed by atoms with Gasteiger partial charge >= 0.3 is 0 Å². The van der Waals surface area contributed by atoms with Gasteiger partial charge in [-0.15, -0.1) is 0 Å². The second-order valence-electron chi connectivity index (χ2n) is 4.76. The SMILES string of the molecule is Cc1ccc2n1[C@H](Cc1ccccc1)C(=O)NC2. The number of hydrogen-bond donors (Lipinski definition) is 1. The molecule has 18 heavy (non-hydrogen) atoms. The zero-order valence-corrected chi connectivity index (χ0v) is 10.4. The molecule has 2 heterocycles. The van der Waals surface area contributed by atoms with Crippen molar-refractivity contribution < 1.29 is 4.79 Å². The van der Waals surface area contributed by atoms with Crippen LogP contribution < -0.4 is 5.32 Å². The minimum Gasteiger partial charge on any atom is -0.349 e. The molecule has 1 aromatic heterocycles. The Bertz CT molecular complexity index is 571. The van der Waals surface area contributed by atoms with Gasteiger partial charge < -0.3 is 9.88 Å². The van der Waals surface area contributed by atoms with E-state index in [9.17, 15) is 4.79 Å². The first-order valence-electron chi connectivity index (χ1n) is 6.24. The number of nitrogens with zero attached hydrogens (tertiary/aromatic N) is 1. The van der Waals surface area contributed by atoms with Crippen molar-refractivity contribution in [1.29, 1.82) is 0 Å². The highest BCUT2D eigenvalue weighted by atomic mass is 16.2. The molecule has 3 heteroatoms. The summed E-state index contributed by atoms with van der Waals surface area (Å²) in [7, 11) is 0. The molecule has 0 unspecified atom stereocenters. The van der Waals surface area contributed by atoms with Gasteiger partial charge in [0.2, 0.25) is 5.91 Å². The molecule has 0 aliphatic carbocycles. The lowest BCUT2D eigenvalue weighted by Gasteiger charge is -2.27. The van der Waals surface area contributed by atoms with Crippen LogP contribution in [-0.4, -0.2) is 10.5 Å². The van der Waals surface area contributed by atoms with Crippen LogP contribution in [0.5, 0.6) is 0 Å². The van der Waals surface area contributed by atoms with Crippen LogP contribution in [0.15, 0.2) is 42.5 Å². The lowest BCUT2D eigenvalue weighted by atomic mass is 10.0. The number of carbonyl (C=O) groups excluding carboxylic acids is 1. The smallest absolute Gasteiger partial charge is 0.243 e. The van der Waals surface area contributed by atoms with Crippen molar-refractivity contribution in [2.24, 2.45) is 0 Å². The Morgan fingerprint density at radius 1 is 1.22 bits per heavy atom. The number of hydrogen-bond acceptors (Lipinski definition) is 1. The molecule has 0 spiro atoms. The molecule has 1 amide bonds. The summed E-state index contributed by atoms with van der Waals surface area (Å²) in [6.45, 7) is 2.69. The fourth-order valence-corrected chi connectivity index (χ4v) is 2.63. The summed E-state index contributed by atoms with van der Waals surface area (Å²) < 4.78 is 2.16. The standard InChI is InChI=1S/C15H16N2O/c1-11-7-8-13-10-16-15(18)14(17(11)13)9-12-5-3-2-4-6-12/h2-8,14H,9-10H2,1H3,(H,16,18)/t14-/m1/s1. The Labute approximate surface area is 106 Å². The zero-order chi connectivity index (χ0) is 12.5. The Morgan fingerprint density at radius 2 is 2.00 bits per heavy atom. The molecule has 3 rings (SSSR count). The van der Waals surface area contributed by atoms with Crippen LogP contribution in [0.25, 0.3) is 0 Å². The number of carbonyl (C=O) groups is 1. The number of benzene rings is 1. The van der Waals surface area contributed by atoms with E-state index in [0.717, 1.165) is 12.1 Å². The Kier molecular flexibility index (Phi) is 2.67. The van der Waals surface area contributed by atoms with Crippen LogP contribution in [0, 0.1) is 6.92 Å². The largest absolute Gasteiger partial charge is 0.349 e. The molecule has 92 valence electrons. The molecule has 3 nitrogen and oxygen atoms in total. The van der Waals surface area contributed by atoms with E-state index in [1.807, 2.05) is 18.2 Å². The van der Waals surface area contributed by atoms with Gasteiger partial charge in [-0.1, -0.05) is 30.3 Å². The number of nitrogens with one attached hydrogen (secondary N) is 1. The highest BCUT2D eigenvalue weighted by Crippen LogP contribution is 2.24. The summed E-state index contributed by atoms with van der Waals surface area (Å²) in [6, 6.07) is 14.2. The van der Waals surface area contributed by atoms with E-state index in [1.165, 1.54) is 11.3 Å². The van der Waals surface area contributed by atoms with Gasteiger partial charge in [-0.25, -0.2) is 0 Å². The van der Waals surface area contributed by atoms with Gasteiger partial charge in [0, 0.05) is 17.8 Å². The summed E-state index contributed by atoms with van der Waals surface area (Å²) in [5.41, 5.74) is 3.53. The Balaban J connectivity index is 1.96. The van der Waals surface area contributed by atoms with Crippen molar-refractivity contribution in [3.05, 3.63) is 59.4 Å². The summed E-state index contributed by atoms with van der Waals surface area (Å²) in [4.78, 5) is 12.1. The third kappa shape index (κ3) is 1.82. The molecule has 1 atom stereocenters. The van der Waals surface area contributed by atoms with E-state index in [4.69, 9.17) is 0 Å². The highest BCUT2D eigenvalue weighted by molar-refractivity contribution is 5.82. The zero-order valence-electron chi connectivity index (χ0n) is 10.4. The van der Waals surface area contributed by atoms with E-state index in [-0.39, 0.29) is 11.9 Å². The topological polar surface area (TPSA) is 34.0 Å². The minimum absolute atomic E-state index is 0.116. The van der Waals surface area contributed by atoms with Gasteiger partial charge in [0.25, 0.3) is 0 Å². The predicted octanol–water partition coefficient (Wildman–Crippen LogP) is 2.21. The molecule has 0 saturated carbocycles. The van der Waals surface area contributed by atoms with Crippen LogP contribution in [-0.2, 0) is 17.8 Å². The Morgan fingerprint density at radius 3 is 2.78 bits per heavy atom. The van der Waals surface area contributed by atoms with Crippen LogP contribution >= 0.6 is 0 Å². The second-order valence-corrected chi connectivity index (χ2v) is 4.76. The highest BCUT2D eigenvalue weighted by Gasteiger charge is 2.27. The number of aryl methyl sites for hydroxylation is 1. The van der Waals surface area contributed by atoms with E-state index >= 15 is 0 Å². The fraction of sp³-hybridized carbons (Fsp3) is 0.267. The third-order valence-corrected chi connectivity index (χ3v) is 3.54. The number of rotatable bonds is 2. The van der Waals surface area contributed by atoms with Crippen molar-refractivity contribution in [3.8, 4) is 0 Å². The van der Waals surface area contributed by atoms with Crippen LogP contribution in [0.1, 0.15) is 23.0 Å². The van der Waals surface area contributed by atoms with E-state index in [1.54, 1.807) is 0 Å². The summed E-state index contributed by atoms with van der Waals surface area (Å²) in [6.07, 6.45) is 0.745. The summed E-state index contributed by atoms with van der Waals surface area (Å²) in [5, 5.41) is 2.96. The lowest BCUT2D eigenvalue weighted by molar-refractivity contribution is -0.125. The Hall–Kier alpha value is -2.03. The van der Waals surface area contributed by atoms with Crippen LogP contribution in [0.2, 0.25) is 0 Å². The maximum atomic E-state index is 12.1. The van der Waals surface area contributed by atoms with Gasteiger partial charge in [-0.2, -0.15) is 0 Å². The van der Waals surface area contributed by atoms with Crippen molar-refractivity contribution in [2.75, 3.05) is 0 Å². The van der Waals surface area contributed by atoms with Gasteiger partial charge in [0.05, 0.1) is 6.54 Å². The van der Waals surface area contributed by atoms with Crippen LogP contribution in [0.4, 0.5) is 0 Å². The van der Waals surface area contributed by atoms with Gasteiger partial charge in [0.15, 0.2) is 0 Å². The molecule has 1 aliphatic heterocycles. The molecule has 1 aromatic carbocycles. The lowest BCUT2D eigenvalue weighted by Crippen LogP contribution is -2.40. The van der Waals surface area contributed by atoms with Crippen molar-refractivity contribution >= 4 is 5.91 Å². The first-order valence-corrected chi connectivity index (χ1v) is 6.24. The van der Waals surface area contributed by atoms with E-state index < -0.39 is 0 Å². The fourth-order valence-electron chi connectivity index (χ4n) is 2.63. The van der Waals surface area contributed by atoms with Gasteiger partial charge in [-0.3, -0.25) is 4.79 Å². The number of fused-ring (bicyclic) bond motifs is 1. The third-order valence-electron chi connectivity index (χ3n) is 3.54. The van der Waals surface area contributed by atoms with E-state index in [0.29, 0.717) is 6.54 Å². The average Bonchev–Trinajstić information content (AvgIpc) is 2.76. The average molecular weight is 240 g/mol. The van der Waals surface area contributed by atoms with Crippen molar-refractivity contribution in [1.82, 2.24) is 9.88 Å². The monoisotopic (exact) mass is 240 g/mol. The molecule has 0 bridgehead atoms. The normalized spacial score (nSPS) is 18.3. The molecular weight excluding hydrogens is 224 g/mol.